The summed E-state index contributed by atoms with van der Waals surface area (Å²) in [6, 6.07) is 0. The van der Waals surface area contributed by atoms with E-state index in [4.69, 9.17) is 0 Å². The molecule has 0 spiro atoms. The highest BCUT2D eigenvalue weighted by atomic mass is 15.2. The van der Waals surface area contributed by atoms with Crippen molar-refractivity contribution in [1.29, 1.82) is 0 Å². The molecule has 0 saturated heterocycles. The molecule has 1 heteroatoms. The molecule has 0 heterocycles. The van der Waals surface area contributed by atoms with Gasteiger partial charge in [0.1, 0.15) is 0 Å². The third kappa shape index (κ3) is 3.84. The molecule has 0 rings (SSSR count). The minimum absolute atomic E-state index is 0.194. The summed E-state index contributed by atoms with van der Waals surface area (Å²) in [5, 5.41) is 0. The molecule has 0 aromatic heterocycles. The van der Waals surface area contributed by atoms with Gasteiger partial charge in [-0.25, -0.2) is 0 Å². The van der Waals surface area contributed by atoms with Crippen LogP contribution in [0.2, 0.25) is 0 Å². The third-order valence-corrected chi connectivity index (χ3v) is 2.73. The molecule has 0 bridgehead atoms. The SMILES string of the molecule is C=C(C(C)CCC)N(C)C(C)(C)C. The van der Waals surface area contributed by atoms with Gasteiger partial charge in [-0.15, -0.1) is 0 Å². The van der Waals surface area contributed by atoms with Crippen LogP contribution in [0.25, 0.3) is 0 Å². The molecular weight excluding hydrogens is 158 g/mol. The molecule has 0 amide bonds. The van der Waals surface area contributed by atoms with Crippen LogP contribution in [-0.2, 0) is 0 Å². The minimum atomic E-state index is 0.194. The van der Waals surface area contributed by atoms with E-state index in [0.717, 1.165) is 0 Å². The van der Waals surface area contributed by atoms with Gasteiger partial charge in [-0.1, -0.05) is 26.8 Å². The lowest BCUT2D eigenvalue weighted by molar-refractivity contribution is 0.204. The summed E-state index contributed by atoms with van der Waals surface area (Å²) in [5.41, 5.74) is 1.45. The highest BCUT2D eigenvalue weighted by Crippen LogP contribution is 2.23. The normalized spacial score (nSPS) is 14.0. The van der Waals surface area contributed by atoms with E-state index < -0.39 is 0 Å². The molecule has 1 nitrogen and oxygen atoms in total. The molecule has 0 N–H and O–H groups in total. The van der Waals surface area contributed by atoms with Crippen molar-refractivity contribution in [3.8, 4) is 0 Å². The molecular formula is C12H25N. The van der Waals surface area contributed by atoms with Crippen molar-refractivity contribution in [2.24, 2.45) is 5.92 Å². The average molecular weight is 183 g/mol. The number of allylic oxidation sites excluding steroid dienone is 1. The Morgan fingerprint density at radius 3 is 2.15 bits per heavy atom. The zero-order chi connectivity index (χ0) is 10.6. The van der Waals surface area contributed by atoms with Gasteiger partial charge in [-0.05, 0) is 33.1 Å². The molecule has 0 fully saturated rings. The highest BCUT2D eigenvalue weighted by molar-refractivity contribution is 5.01. The van der Waals surface area contributed by atoms with E-state index in [1.54, 1.807) is 0 Å². The summed E-state index contributed by atoms with van der Waals surface area (Å²) in [5.74, 6) is 0.606. The molecule has 1 atom stereocenters. The molecule has 0 saturated carbocycles. The predicted molar refractivity (Wildman–Crippen MR) is 60.7 cm³/mol. The molecule has 0 aliphatic carbocycles. The number of rotatable bonds is 4. The third-order valence-electron chi connectivity index (χ3n) is 2.73. The Morgan fingerprint density at radius 2 is 1.85 bits per heavy atom. The summed E-state index contributed by atoms with van der Waals surface area (Å²) in [4.78, 5) is 2.29. The van der Waals surface area contributed by atoms with Gasteiger partial charge in [0.05, 0.1) is 0 Å². The number of hydrogen-bond acceptors (Lipinski definition) is 1. The summed E-state index contributed by atoms with van der Waals surface area (Å²) in [6.07, 6.45) is 2.47. The van der Waals surface area contributed by atoms with Crippen molar-refractivity contribution in [2.75, 3.05) is 7.05 Å². The van der Waals surface area contributed by atoms with E-state index in [-0.39, 0.29) is 5.54 Å². The van der Waals surface area contributed by atoms with Crippen LogP contribution in [0.15, 0.2) is 12.3 Å². The van der Waals surface area contributed by atoms with Crippen molar-refractivity contribution in [3.05, 3.63) is 12.3 Å². The quantitative estimate of drug-likeness (QED) is 0.643. The second kappa shape index (κ2) is 4.69. The Kier molecular flexibility index (Phi) is 4.52. The maximum atomic E-state index is 4.17. The molecule has 0 aliphatic heterocycles. The van der Waals surface area contributed by atoms with E-state index in [1.807, 2.05) is 0 Å². The molecule has 0 aromatic carbocycles. The summed E-state index contributed by atoms with van der Waals surface area (Å²) < 4.78 is 0. The zero-order valence-electron chi connectivity index (χ0n) is 10.1. The van der Waals surface area contributed by atoms with Crippen LogP contribution in [0.4, 0.5) is 0 Å². The minimum Gasteiger partial charge on any atom is -0.373 e. The van der Waals surface area contributed by atoms with E-state index in [2.05, 4.69) is 53.1 Å². The lowest BCUT2D eigenvalue weighted by atomic mass is 9.98. The van der Waals surface area contributed by atoms with Gasteiger partial charge in [0.2, 0.25) is 0 Å². The van der Waals surface area contributed by atoms with Crippen LogP contribution in [0, 0.1) is 5.92 Å². The summed E-state index contributed by atoms with van der Waals surface area (Å²) in [7, 11) is 2.13. The Balaban J connectivity index is 4.26. The van der Waals surface area contributed by atoms with Crippen LogP contribution >= 0.6 is 0 Å². The fourth-order valence-electron chi connectivity index (χ4n) is 1.36. The summed E-state index contributed by atoms with van der Waals surface area (Å²) >= 11 is 0. The molecule has 0 radical (unpaired) electrons. The molecule has 0 aliphatic rings. The average Bonchev–Trinajstić information content (AvgIpc) is 2.00. The molecule has 0 aromatic rings. The van der Waals surface area contributed by atoms with Gasteiger partial charge < -0.3 is 4.90 Å². The van der Waals surface area contributed by atoms with Crippen molar-refractivity contribution >= 4 is 0 Å². The Bertz CT molecular complexity index is 164. The van der Waals surface area contributed by atoms with E-state index in [9.17, 15) is 0 Å². The van der Waals surface area contributed by atoms with Crippen LogP contribution in [-0.4, -0.2) is 17.5 Å². The molecule has 78 valence electrons. The largest absolute Gasteiger partial charge is 0.373 e. The van der Waals surface area contributed by atoms with Gasteiger partial charge in [-0.3, -0.25) is 0 Å². The topological polar surface area (TPSA) is 3.24 Å². The fraction of sp³-hybridized carbons (Fsp3) is 0.833. The first-order valence-electron chi connectivity index (χ1n) is 5.23. The van der Waals surface area contributed by atoms with Gasteiger partial charge in [0.25, 0.3) is 0 Å². The van der Waals surface area contributed by atoms with Crippen LogP contribution in [0.1, 0.15) is 47.5 Å². The van der Waals surface area contributed by atoms with Crippen molar-refractivity contribution in [2.45, 2.75) is 53.0 Å². The van der Waals surface area contributed by atoms with Crippen LogP contribution in [0.3, 0.4) is 0 Å². The first-order valence-corrected chi connectivity index (χ1v) is 5.23. The first kappa shape index (κ1) is 12.5. The maximum Gasteiger partial charge on any atom is 0.0311 e. The van der Waals surface area contributed by atoms with E-state index >= 15 is 0 Å². The first-order chi connectivity index (χ1) is 5.80. The van der Waals surface area contributed by atoms with Gasteiger partial charge >= 0.3 is 0 Å². The Morgan fingerprint density at radius 1 is 1.38 bits per heavy atom. The van der Waals surface area contributed by atoms with Gasteiger partial charge in [-0.2, -0.15) is 0 Å². The second-order valence-corrected chi connectivity index (χ2v) is 4.91. The number of nitrogens with zero attached hydrogens (tertiary/aromatic N) is 1. The monoisotopic (exact) mass is 183 g/mol. The fourth-order valence-corrected chi connectivity index (χ4v) is 1.36. The Hall–Kier alpha value is -0.460. The van der Waals surface area contributed by atoms with E-state index in [0.29, 0.717) is 5.92 Å². The standard InChI is InChI=1S/C12H25N/c1-8-9-10(2)11(3)13(7)12(4,5)6/h10H,3,8-9H2,1-2,4-7H3. The number of hydrogen-bond donors (Lipinski definition) is 0. The van der Waals surface area contributed by atoms with Crippen molar-refractivity contribution < 1.29 is 0 Å². The smallest absolute Gasteiger partial charge is 0.0311 e. The highest BCUT2D eigenvalue weighted by Gasteiger charge is 2.20. The van der Waals surface area contributed by atoms with Crippen LogP contribution in [0.5, 0.6) is 0 Å². The predicted octanol–water partition coefficient (Wildman–Crippen LogP) is 3.67. The van der Waals surface area contributed by atoms with Crippen molar-refractivity contribution in [3.63, 3.8) is 0 Å². The molecule has 13 heavy (non-hydrogen) atoms. The van der Waals surface area contributed by atoms with Crippen molar-refractivity contribution in [1.82, 2.24) is 4.90 Å². The zero-order valence-corrected chi connectivity index (χ0v) is 10.1. The van der Waals surface area contributed by atoms with Crippen LogP contribution < -0.4 is 0 Å². The molecule has 1 unspecified atom stereocenters. The lowest BCUT2D eigenvalue weighted by Gasteiger charge is -2.37. The maximum absolute atomic E-state index is 4.17. The van der Waals surface area contributed by atoms with Gasteiger partial charge in [0, 0.05) is 18.3 Å². The van der Waals surface area contributed by atoms with Gasteiger partial charge in [0.15, 0.2) is 0 Å². The second-order valence-electron chi connectivity index (χ2n) is 4.91. The van der Waals surface area contributed by atoms with E-state index in [1.165, 1.54) is 18.5 Å². The lowest BCUT2D eigenvalue weighted by Crippen LogP contribution is -2.38. The Labute approximate surface area is 83.8 Å². The summed E-state index contributed by atoms with van der Waals surface area (Å²) in [6.45, 7) is 15.3.